The van der Waals surface area contributed by atoms with E-state index in [1.54, 1.807) is 25.2 Å². The third-order valence-corrected chi connectivity index (χ3v) is 3.62. The number of nitrogens with zero attached hydrogens (tertiary/aromatic N) is 3. The topological polar surface area (TPSA) is 89.5 Å². The van der Waals surface area contributed by atoms with Crippen molar-refractivity contribution in [2.75, 3.05) is 7.05 Å². The second-order valence-corrected chi connectivity index (χ2v) is 5.48. The third kappa shape index (κ3) is 2.98. The molecule has 0 bridgehead atoms. The SMILES string of the molecule is CN(Cc1cccc([N+](=O)[O-])c1)C(=O)c1cc(C2CC2)on1. The normalized spacial score (nSPS) is 13.9. The highest BCUT2D eigenvalue weighted by Gasteiger charge is 2.29. The van der Waals surface area contributed by atoms with Crippen LogP contribution in [-0.4, -0.2) is 27.9 Å². The molecule has 114 valence electrons. The van der Waals surface area contributed by atoms with E-state index in [1.807, 2.05) is 0 Å². The van der Waals surface area contributed by atoms with Crippen LogP contribution >= 0.6 is 0 Å². The molecule has 0 atom stereocenters. The summed E-state index contributed by atoms with van der Waals surface area (Å²) in [6.07, 6.45) is 2.15. The van der Waals surface area contributed by atoms with E-state index < -0.39 is 4.92 Å². The Hall–Kier alpha value is -2.70. The Labute approximate surface area is 126 Å². The Balaban J connectivity index is 1.69. The summed E-state index contributed by atoms with van der Waals surface area (Å²) in [6.45, 7) is 0.270. The number of carbonyl (C=O) groups excluding carboxylic acids is 1. The monoisotopic (exact) mass is 301 g/mol. The molecule has 22 heavy (non-hydrogen) atoms. The fourth-order valence-corrected chi connectivity index (χ4v) is 2.26. The van der Waals surface area contributed by atoms with Crippen molar-refractivity contribution in [3.63, 3.8) is 0 Å². The summed E-state index contributed by atoms with van der Waals surface area (Å²) >= 11 is 0. The number of nitro benzene ring substituents is 1. The minimum Gasteiger partial charge on any atom is -0.360 e. The summed E-state index contributed by atoms with van der Waals surface area (Å²) < 4.78 is 5.17. The molecule has 1 aliphatic carbocycles. The first kappa shape index (κ1) is 14.2. The molecule has 2 aromatic rings. The number of nitro groups is 1. The van der Waals surface area contributed by atoms with Gasteiger partial charge in [0.25, 0.3) is 11.6 Å². The molecule has 1 aliphatic rings. The van der Waals surface area contributed by atoms with Gasteiger partial charge in [-0.2, -0.15) is 0 Å². The minimum atomic E-state index is -0.454. The first-order valence-corrected chi connectivity index (χ1v) is 7.00. The van der Waals surface area contributed by atoms with E-state index in [2.05, 4.69) is 5.16 Å². The van der Waals surface area contributed by atoms with Gasteiger partial charge < -0.3 is 9.42 Å². The van der Waals surface area contributed by atoms with E-state index in [4.69, 9.17) is 4.52 Å². The molecule has 0 unspecified atom stereocenters. The van der Waals surface area contributed by atoms with E-state index in [9.17, 15) is 14.9 Å². The zero-order valence-electron chi connectivity index (χ0n) is 12.1. The molecular weight excluding hydrogens is 286 g/mol. The van der Waals surface area contributed by atoms with Gasteiger partial charge in [0.05, 0.1) is 4.92 Å². The first-order chi connectivity index (χ1) is 10.5. The molecule has 3 rings (SSSR count). The number of carbonyl (C=O) groups is 1. The number of amides is 1. The summed E-state index contributed by atoms with van der Waals surface area (Å²) in [5.41, 5.74) is 0.974. The maximum absolute atomic E-state index is 12.3. The predicted molar refractivity (Wildman–Crippen MR) is 77.4 cm³/mol. The molecule has 7 nitrogen and oxygen atoms in total. The van der Waals surface area contributed by atoms with E-state index in [1.165, 1.54) is 17.0 Å². The minimum absolute atomic E-state index is 0.0100. The van der Waals surface area contributed by atoms with Crippen LogP contribution in [0, 0.1) is 10.1 Å². The molecule has 0 radical (unpaired) electrons. The summed E-state index contributed by atoms with van der Waals surface area (Å²) in [6, 6.07) is 7.92. The number of non-ortho nitro benzene ring substituents is 1. The Morgan fingerprint density at radius 2 is 2.23 bits per heavy atom. The lowest BCUT2D eigenvalue weighted by Crippen LogP contribution is -2.26. The molecule has 1 amide bonds. The van der Waals surface area contributed by atoms with Crippen LogP contribution < -0.4 is 0 Å². The van der Waals surface area contributed by atoms with Crippen molar-refractivity contribution < 1.29 is 14.2 Å². The van der Waals surface area contributed by atoms with Crippen molar-refractivity contribution in [1.29, 1.82) is 0 Å². The summed E-state index contributed by atoms with van der Waals surface area (Å²) in [5.74, 6) is 0.894. The zero-order valence-corrected chi connectivity index (χ0v) is 12.1. The van der Waals surface area contributed by atoms with Gasteiger partial charge >= 0.3 is 0 Å². The van der Waals surface area contributed by atoms with Gasteiger partial charge in [-0.05, 0) is 18.4 Å². The van der Waals surface area contributed by atoms with Gasteiger partial charge in [-0.15, -0.1) is 0 Å². The number of benzene rings is 1. The molecule has 0 aliphatic heterocycles. The van der Waals surface area contributed by atoms with Gasteiger partial charge in [-0.25, -0.2) is 0 Å². The molecule has 7 heteroatoms. The smallest absolute Gasteiger partial charge is 0.276 e. The van der Waals surface area contributed by atoms with Gasteiger partial charge in [0.15, 0.2) is 5.69 Å². The van der Waals surface area contributed by atoms with Crippen LogP contribution in [0.3, 0.4) is 0 Å². The molecule has 1 aromatic carbocycles. The van der Waals surface area contributed by atoms with Crippen molar-refractivity contribution in [1.82, 2.24) is 10.1 Å². The van der Waals surface area contributed by atoms with Crippen molar-refractivity contribution in [2.24, 2.45) is 0 Å². The van der Waals surface area contributed by atoms with Crippen LogP contribution in [0.1, 0.15) is 40.6 Å². The molecule has 0 saturated heterocycles. The van der Waals surface area contributed by atoms with Crippen molar-refractivity contribution >= 4 is 11.6 Å². The van der Waals surface area contributed by atoms with Crippen LogP contribution in [0.15, 0.2) is 34.9 Å². The number of rotatable bonds is 5. The van der Waals surface area contributed by atoms with Gasteiger partial charge in [0.1, 0.15) is 5.76 Å². The summed E-state index contributed by atoms with van der Waals surface area (Å²) in [7, 11) is 1.63. The van der Waals surface area contributed by atoms with Crippen LogP contribution in [0.25, 0.3) is 0 Å². The maximum atomic E-state index is 12.3. The van der Waals surface area contributed by atoms with Gasteiger partial charge in [-0.1, -0.05) is 17.3 Å². The Kier molecular flexibility index (Phi) is 3.62. The van der Waals surface area contributed by atoms with E-state index in [0.717, 1.165) is 18.6 Å². The lowest BCUT2D eigenvalue weighted by atomic mass is 10.2. The fraction of sp³-hybridized carbons (Fsp3) is 0.333. The molecule has 1 fully saturated rings. The van der Waals surface area contributed by atoms with Gasteiger partial charge in [0.2, 0.25) is 0 Å². The number of aromatic nitrogens is 1. The predicted octanol–water partition coefficient (Wildman–Crippen LogP) is 2.73. The first-order valence-electron chi connectivity index (χ1n) is 7.00. The lowest BCUT2D eigenvalue weighted by Gasteiger charge is -2.15. The summed E-state index contributed by atoms with van der Waals surface area (Å²) in [5, 5.41) is 14.6. The van der Waals surface area contributed by atoms with Crippen LogP contribution in [0.5, 0.6) is 0 Å². The van der Waals surface area contributed by atoms with Crippen LogP contribution in [0.2, 0.25) is 0 Å². The highest BCUT2D eigenvalue weighted by atomic mass is 16.6. The van der Waals surface area contributed by atoms with E-state index in [-0.39, 0.29) is 23.8 Å². The molecule has 1 saturated carbocycles. The largest absolute Gasteiger partial charge is 0.360 e. The van der Waals surface area contributed by atoms with Gasteiger partial charge in [0, 0.05) is 37.7 Å². The highest BCUT2D eigenvalue weighted by Crippen LogP contribution is 2.40. The quantitative estimate of drug-likeness (QED) is 0.625. The van der Waals surface area contributed by atoms with Gasteiger partial charge in [-0.3, -0.25) is 14.9 Å². The lowest BCUT2D eigenvalue weighted by molar-refractivity contribution is -0.384. The van der Waals surface area contributed by atoms with E-state index in [0.29, 0.717) is 11.5 Å². The zero-order chi connectivity index (χ0) is 15.7. The Bertz CT molecular complexity index is 721. The van der Waals surface area contributed by atoms with E-state index >= 15 is 0 Å². The third-order valence-electron chi connectivity index (χ3n) is 3.62. The van der Waals surface area contributed by atoms with Crippen molar-refractivity contribution in [3.8, 4) is 0 Å². The second-order valence-electron chi connectivity index (χ2n) is 5.48. The average Bonchev–Trinajstić information content (AvgIpc) is 3.24. The highest BCUT2D eigenvalue weighted by molar-refractivity contribution is 5.92. The molecule has 1 heterocycles. The second kappa shape index (κ2) is 5.59. The number of hydrogen-bond acceptors (Lipinski definition) is 5. The van der Waals surface area contributed by atoms with Crippen molar-refractivity contribution in [2.45, 2.75) is 25.3 Å². The standard InChI is InChI=1S/C15H15N3O4/c1-17(9-10-3-2-4-12(7-10)18(20)21)15(19)13-8-14(22-16-13)11-5-6-11/h2-4,7-8,11H,5-6,9H2,1H3. The average molecular weight is 301 g/mol. The number of hydrogen-bond donors (Lipinski definition) is 0. The Morgan fingerprint density at radius 1 is 1.45 bits per heavy atom. The molecule has 0 N–H and O–H groups in total. The Morgan fingerprint density at radius 3 is 2.91 bits per heavy atom. The fourth-order valence-electron chi connectivity index (χ4n) is 2.26. The molecule has 1 aromatic heterocycles. The molecular formula is C15H15N3O4. The summed E-state index contributed by atoms with van der Waals surface area (Å²) in [4.78, 5) is 24.1. The van der Waals surface area contributed by atoms with Crippen molar-refractivity contribution in [3.05, 3.63) is 57.5 Å². The maximum Gasteiger partial charge on any atom is 0.276 e. The van der Waals surface area contributed by atoms with Crippen LogP contribution in [0.4, 0.5) is 5.69 Å². The molecule has 0 spiro atoms. The van der Waals surface area contributed by atoms with Crippen LogP contribution in [-0.2, 0) is 6.54 Å².